The molecule has 0 spiro atoms. The Kier molecular flexibility index (Phi) is 4.40. The predicted molar refractivity (Wildman–Crippen MR) is 81.4 cm³/mol. The summed E-state index contributed by atoms with van der Waals surface area (Å²) in [4.78, 5) is 0.160. The standard InChI is InChI=1S/C12H8BrCl2NO2S/c13-10-6-8(14)7-11(15)12(10)16-19(17,18)9-4-2-1-3-5-9/h1-7,16H. The van der Waals surface area contributed by atoms with E-state index in [1.807, 2.05) is 0 Å². The average Bonchev–Trinajstić information content (AvgIpc) is 2.35. The molecule has 100 valence electrons. The van der Waals surface area contributed by atoms with Crippen LogP contribution in [-0.4, -0.2) is 8.42 Å². The molecule has 0 saturated heterocycles. The van der Waals surface area contributed by atoms with E-state index in [-0.39, 0.29) is 15.6 Å². The summed E-state index contributed by atoms with van der Waals surface area (Å²) in [5.41, 5.74) is 0.259. The summed E-state index contributed by atoms with van der Waals surface area (Å²) >= 11 is 15.0. The highest BCUT2D eigenvalue weighted by Gasteiger charge is 2.17. The van der Waals surface area contributed by atoms with E-state index in [1.54, 1.807) is 24.3 Å². The van der Waals surface area contributed by atoms with Crippen molar-refractivity contribution in [3.8, 4) is 0 Å². The van der Waals surface area contributed by atoms with E-state index in [0.29, 0.717) is 9.50 Å². The molecule has 0 aromatic heterocycles. The van der Waals surface area contributed by atoms with Crippen LogP contribution in [0.25, 0.3) is 0 Å². The molecule has 0 aliphatic rings. The van der Waals surface area contributed by atoms with Gasteiger partial charge in [-0.1, -0.05) is 41.4 Å². The average molecular weight is 381 g/mol. The molecule has 2 aromatic rings. The van der Waals surface area contributed by atoms with Crippen molar-refractivity contribution in [1.82, 2.24) is 0 Å². The van der Waals surface area contributed by atoms with Crippen LogP contribution in [0.4, 0.5) is 5.69 Å². The Morgan fingerprint density at radius 1 is 1.05 bits per heavy atom. The Hall–Kier alpha value is -0.750. The lowest BCUT2D eigenvalue weighted by Gasteiger charge is -2.11. The number of benzene rings is 2. The van der Waals surface area contributed by atoms with E-state index in [1.165, 1.54) is 18.2 Å². The van der Waals surface area contributed by atoms with Crippen molar-refractivity contribution in [1.29, 1.82) is 0 Å². The number of rotatable bonds is 3. The molecule has 0 aliphatic heterocycles. The first kappa shape index (κ1) is 14.7. The Morgan fingerprint density at radius 3 is 2.26 bits per heavy atom. The largest absolute Gasteiger partial charge is 0.277 e. The van der Waals surface area contributed by atoms with Gasteiger partial charge in [-0.2, -0.15) is 0 Å². The molecule has 0 amide bonds. The minimum absolute atomic E-state index is 0.160. The molecule has 3 nitrogen and oxygen atoms in total. The summed E-state index contributed by atoms with van der Waals surface area (Å²) in [7, 11) is -3.68. The van der Waals surface area contributed by atoms with Gasteiger partial charge in [0.2, 0.25) is 0 Å². The molecule has 0 fully saturated rings. The van der Waals surface area contributed by atoms with E-state index in [9.17, 15) is 8.42 Å². The molecule has 2 rings (SSSR count). The first-order valence-electron chi connectivity index (χ1n) is 5.12. The number of hydrogen-bond acceptors (Lipinski definition) is 2. The summed E-state index contributed by atoms with van der Waals surface area (Å²) in [6.07, 6.45) is 0. The number of sulfonamides is 1. The van der Waals surface area contributed by atoms with Gasteiger partial charge in [0.1, 0.15) is 0 Å². The second kappa shape index (κ2) is 5.71. The molecule has 7 heteroatoms. The lowest BCUT2D eigenvalue weighted by molar-refractivity contribution is 0.601. The molecule has 0 unspecified atom stereocenters. The van der Waals surface area contributed by atoms with Gasteiger partial charge in [0.05, 0.1) is 15.6 Å². The maximum atomic E-state index is 12.2. The fourth-order valence-electron chi connectivity index (χ4n) is 1.43. The highest BCUT2D eigenvalue weighted by Crippen LogP contribution is 2.35. The van der Waals surface area contributed by atoms with Crippen molar-refractivity contribution < 1.29 is 8.42 Å². The first-order chi connectivity index (χ1) is 8.90. The zero-order chi connectivity index (χ0) is 14.0. The van der Waals surface area contributed by atoms with Crippen molar-refractivity contribution in [3.63, 3.8) is 0 Å². The molecule has 0 heterocycles. The lowest BCUT2D eigenvalue weighted by Crippen LogP contribution is -2.13. The Labute approximate surface area is 129 Å². The van der Waals surface area contributed by atoms with Crippen LogP contribution in [0, 0.1) is 0 Å². The minimum atomic E-state index is -3.68. The number of nitrogens with one attached hydrogen (secondary N) is 1. The predicted octanol–water partition coefficient (Wildman–Crippen LogP) is 4.56. The van der Waals surface area contributed by atoms with Crippen LogP contribution in [0.5, 0.6) is 0 Å². The summed E-state index contributed by atoms with van der Waals surface area (Å²) in [5, 5.41) is 0.637. The normalized spacial score (nSPS) is 11.3. The van der Waals surface area contributed by atoms with Crippen LogP contribution in [-0.2, 0) is 10.0 Å². The Morgan fingerprint density at radius 2 is 1.68 bits per heavy atom. The number of halogens is 3. The van der Waals surface area contributed by atoms with Crippen molar-refractivity contribution in [2.45, 2.75) is 4.90 Å². The van der Waals surface area contributed by atoms with Gasteiger partial charge in [0.15, 0.2) is 0 Å². The van der Waals surface area contributed by atoms with Crippen LogP contribution in [0.2, 0.25) is 10.0 Å². The van der Waals surface area contributed by atoms with Crippen LogP contribution < -0.4 is 4.72 Å². The van der Waals surface area contributed by atoms with Gasteiger partial charge in [-0.15, -0.1) is 0 Å². The summed E-state index contributed by atoms with van der Waals surface area (Å²) in [6.45, 7) is 0. The van der Waals surface area contributed by atoms with E-state index < -0.39 is 10.0 Å². The minimum Gasteiger partial charge on any atom is -0.277 e. The van der Waals surface area contributed by atoms with E-state index >= 15 is 0 Å². The molecule has 0 atom stereocenters. The second-order valence-corrected chi connectivity index (χ2v) is 7.04. The van der Waals surface area contributed by atoms with Crippen LogP contribution in [0.1, 0.15) is 0 Å². The number of hydrogen-bond donors (Lipinski definition) is 1. The van der Waals surface area contributed by atoms with Crippen LogP contribution in [0.3, 0.4) is 0 Å². The molecule has 0 bridgehead atoms. The monoisotopic (exact) mass is 379 g/mol. The molecule has 0 aliphatic carbocycles. The van der Waals surface area contributed by atoms with Crippen molar-refractivity contribution >= 4 is 54.8 Å². The van der Waals surface area contributed by atoms with E-state index in [4.69, 9.17) is 23.2 Å². The fraction of sp³-hybridized carbons (Fsp3) is 0. The van der Waals surface area contributed by atoms with Gasteiger partial charge in [0, 0.05) is 9.50 Å². The molecule has 0 radical (unpaired) electrons. The molecular formula is C12H8BrCl2NO2S. The van der Waals surface area contributed by atoms with Crippen molar-refractivity contribution in [2.75, 3.05) is 4.72 Å². The zero-order valence-electron chi connectivity index (χ0n) is 9.40. The van der Waals surface area contributed by atoms with Gasteiger partial charge >= 0.3 is 0 Å². The van der Waals surface area contributed by atoms with Crippen molar-refractivity contribution in [3.05, 3.63) is 57.0 Å². The maximum Gasteiger partial charge on any atom is 0.261 e. The van der Waals surface area contributed by atoms with Gasteiger partial charge < -0.3 is 0 Å². The van der Waals surface area contributed by atoms with Gasteiger partial charge in [-0.3, -0.25) is 4.72 Å². The highest BCUT2D eigenvalue weighted by atomic mass is 79.9. The topological polar surface area (TPSA) is 46.2 Å². The summed E-state index contributed by atoms with van der Waals surface area (Å²) in [5.74, 6) is 0. The second-order valence-electron chi connectivity index (χ2n) is 3.66. The van der Waals surface area contributed by atoms with Crippen LogP contribution in [0.15, 0.2) is 51.8 Å². The lowest BCUT2D eigenvalue weighted by atomic mass is 10.3. The molecule has 19 heavy (non-hydrogen) atoms. The molecule has 2 aromatic carbocycles. The highest BCUT2D eigenvalue weighted by molar-refractivity contribution is 9.10. The Bertz CT molecular complexity index is 682. The number of anilines is 1. The molecular weight excluding hydrogens is 373 g/mol. The third kappa shape index (κ3) is 3.42. The maximum absolute atomic E-state index is 12.2. The van der Waals surface area contributed by atoms with Gasteiger partial charge in [-0.25, -0.2) is 8.42 Å². The van der Waals surface area contributed by atoms with Gasteiger partial charge in [-0.05, 0) is 40.2 Å². The molecule has 1 N–H and O–H groups in total. The summed E-state index contributed by atoms with van der Waals surface area (Å²) in [6, 6.07) is 11.1. The smallest absolute Gasteiger partial charge is 0.261 e. The molecule has 0 saturated carbocycles. The Balaban J connectivity index is 2.42. The third-order valence-corrected chi connectivity index (χ3v) is 4.80. The quantitative estimate of drug-likeness (QED) is 0.848. The first-order valence-corrected chi connectivity index (χ1v) is 8.16. The van der Waals surface area contributed by atoms with Crippen molar-refractivity contribution in [2.24, 2.45) is 0 Å². The third-order valence-electron chi connectivity index (χ3n) is 2.30. The summed E-state index contributed by atoms with van der Waals surface area (Å²) < 4.78 is 27.2. The SMILES string of the molecule is O=S(=O)(Nc1c(Cl)cc(Cl)cc1Br)c1ccccc1. The van der Waals surface area contributed by atoms with E-state index in [2.05, 4.69) is 20.7 Å². The van der Waals surface area contributed by atoms with Crippen LogP contribution >= 0.6 is 39.1 Å². The zero-order valence-corrected chi connectivity index (χ0v) is 13.3. The fourth-order valence-corrected chi connectivity index (χ4v) is 4.09. The van der Waals surface area contributed by atoms with E-state index in [0.717, 1.165) is 0 Å². The van der Waals surface area contributed by atoms with Gasteiger partial charge in [0.25, 0.3) is 10.0 Å².